The minimum Gasteiger partial charge on any atom is -0.489 e. The van der Waals surface area contributed by atoms with Crippen LogP contribution in [0.3, 0.4) is 0 Å². The van der Waals surface area contributed by atoms with Crippen LogP contribution in [0.4, 0.5) is 27.4 Å². The van der Waals surface area contributed by atoms with Gasteiger partial charge in [-0.25, -0.2) is 29.3 Å². The minimum absolute atomic E-state index is 0.0651. The molecule has 0 saturated heterocycles. The molecule has 4 aromatic carbocycles. The van der Waals surface area contributed by atoms with Gasteiger partial charge in [0, 0.05) is 41.3 Å². The van der Waals surface area contributed by atoms with Crippen molar-refractivity contribution in [2.24, 2.45) is 0 Å². The van der Waals surface area contributed by atoms with Crippen molar-refractivity contribution >= 4 is 34.8 Å². The summed E-state index contributed by atoms with van der Waals surface area (Å²) in [6.07, 6.45) is 9.76. The molecule has 2 amide bonds. The molecule has 0 atom stereocenters. The Morgan fingerprint density at radius 1 is 0.686 bits per heavy atom. The third-order valence-electron chi connectivity index (χ3n) is 10.2. The zero-order chi connectivity index (χ0) is 49.0. The highest BCUT2D eigenvalue weighted by atomic mass is 19.1. The van der Waals surface area contributed by atoms with Gasteiger partial charge in [-0.2, -0.15) is 10.5 Å². The molecule has 8 rings (SSSR count). The summed E-state index contributed by atoms with van der Waals surface area (Å²) in [5.41, 5.74) is 16.8. The first-order valence-corrected chi connectivity index (χ1v) is 21.1. The first-order chi connectivity index (χ1) is 34.0. The second kappa shape index (κ2) is 21.4. The summed E-state index contributed by atoms with van der Waals surface area (Å²) >= 11 is 0. The average Bonchev–Trinajstić information content (AvgIpc) is 3.36. The van der Waals surface area contributed by atoms with Crippen molar-refractivity contribution in [3.63, 3.8) is 0 Å². The molecule has 0 aliphatic heterocycles. The van der Waals surface area contributed by atoms with Crippen molar-refractivity contribution in [3.8, 4) is 69.3 Å². The predicted octanol–water partition coefficient (Wildman–Crippen LogP) is 9.20. The molecule has 0 saturated carbocycles. The molecule has 1 aliphatic carbocycles. The second-order valence-corrected chi connectivity index (χ2v) is 15.1. The standard InChI is InChI=1S/C52H38FN11O6/c1-31(24-54)49(65)63-38-10-4-12-41(22-38)70-52-46(48(57)60-30-62-52)36-16-19-44(58-26-36)68-28-32-6-2-8-35(20-32)43(25-55)50(66)64-39-11-5-13-42(23-39)69-51-45(47(56)59-29-61-51)34-14-17-40(18-15-34)67-27-33-7-3-9-37(53)21-33/h2-7,9-23,26,29-30H,1,8,27-28H2,(H,63,65)(H,64,66)(H2,56,59,61)(H2,57,60,62). The molecule has 1 aliphatic rings. The smallest absolute Gasteiger partial charge is 0.266 e. The third-order valence-corrected chi connectivity index (χ3v) is 10.2. The van der Waals surface area contributed by atoms with Crippen LogP contribution in [0.1, 0.15) is 12.0 Å². The Bertz CT molecular complexity index is 3330. The number of nitrogens with zero attached hydrogens (tertiary/aromatic N) is 7. The molecule has 17 nitrogen and oxygen atoms in total. The molecule has 0 spiro atoms. The maximum atomic E-state index is 13.6. The molecule has 0 radical (unpaired) electrons. The number of ether oxygens (including phenoxy) is 4. The number of benzene rings is 4. The topological polar surface area (TPSA) is 259 Å². The number of nitrogens with two attached hydrogens (primary N) is 2. The number of halogens is 1. The monoisotopic (exact) mass is 931 g/mol. The summed E-state index contributed by atoms with van der Waals surface area (Å²) in [6.45, 7) is 3.66. The van der Waals surface area contributed by atoms with E-state index in [1.807, 2.05) is 18.2 Å². The van der Waals surface area contributed by atoms with E-state index in [0.29, 0.717) is 74.0 Å². The van der Waals surface area contributed by atoms with Crippen LogP contribution in [0.25, 0.3) is 22.3 Å². The van der Waals surface area contributed by atoms with Crippen LogP contribution in [0, 0.1) is 28.5 Å². The Hall–Kier alpha value is -10.2. The summed E-state index contributed by atoms with van der Waals surface area (Å²) in [4.78, 5) is 47.0. The molecule has 0 bridgehead atoms. The first kappa shape index (κ1) is 46.3. The van der Waals surface area contributed by atoms with Crippen LogP contribution in [-0.4, -0.2) is 43.3 Å². The van der Waals surface area contributed by atoms with Crippen LogP contribution in [0.15, 0.2) is 175 Å². The lowest BCUT2D eigenvalue weighted by molar-refractivity contribution is -0.113. The lowest BCUT2D eigenvalue weighted by Gasteiger charge is -2.14. The lowest BCUT2D eigenvalue weighted by Crippen LogP contribution is -2.16. The van der Waals surface area contributed by atoms with E-state index in [9.17, 15) is 19.2 Å². The van der Waals surface area contributed by atoms with Gasteiger partial charge < -0.3 is 41.0 Å². The average molecular weight is 932 g/mol. The molecule has 70 heavy (non-hydrogen) atoms. The molecule has 344 valence electrons. The van der Waals surface area contributed by atoms with Crippen LogP contribution in [0.2, 0.25) is 0 Å². The highest BCUT2D eigenvalue weighted by Crippen LogP contribution is 2.38. The lowest BCUT2D eigenvalue weighted by atomic mass is 9.97. The fraction of sp³-hybridized carbons (Fsp3) is 0.0577. The number of aromatic nitrogens is 5. The Kier molecular flexibility index (Phi) is 14.2. The number of anilines is 4. The normalized spacial score (nSPS) is 12.3. The summed E-state index contributed by atoms with van der Waals surface area (Å²) in [7, 11) is 0. The van der Waals surface area contributed by atoms with Gasteiger partial charge in [-0.05, 0) is 83.3 Å². The Morgan fingerprint density at radius 3 is 1.93 bits per heavy atom. The van der Waals surface area contributed by atoms with Gasteiger partial charge in [-0.3, -0.25) is 9.59 Å². The number of hydrogen-bond donors (Lipinski definition) is 4. The summed E-state index contributed by atoms with van der Waals surface area (Å²) in [5, 5.41) is 24.5. The number of nitrogen functional groups attached to an aromatic ring is 2. The predicted molar refractivity (Wildman–Crippen MR) is 257 cm³/mol. The van der Waals surface area contributed by atoms with E-state index in [1.54, 1.807) is 109 Å². The second-order valence-electron chi connectivity index (χ2n) is 15.1. The van der Waals surface area contributed by atoms with E-state index < -0.39 is 11.8 Å². The number of nitrogens with one attached hydrogen (secondary N) is 2. The Morgan fingerprint density at radius 2 is 1.31 bits per heavy atom. The number of carbonyl (C=O) groups excluding carboxylic acids is 2. The first-order valence-electron chi connectivity index (χ1n) is 21.1. The zero-order valence-electron chi connectivity index (χ0n) is 36.8. The fourth-order valence-electron chi connectivity index (χ4n) is 6.89. The molecule has 7 aromatic rings. The maximum Gasteiger partial charge on any atom is 0.266 e. The summed E-state index contributed by atoms with van der Waals surface area (Å²) in [5.74, 6) is 0.427. The molecule has 0 fully saturated rings. The van der Waals surface area contributed by atoms with Gasteiger partial charge in [0.05, 0.1) is 11.1 Å². The van der Waals surface area contributed by atoms with E-state index in [4.69, 9.17) is 35.7 Å². The minimum atomic E-state index is -0.648. The van der Waals surface area contributed by atoms with Crippen molar-refractivity contribution in [1.82, 2.24) is 24.9 Å². The molecular formula is C52H38FN11O6. The molecule has 3 heterocycles. The van der Waals surface area contributed by atoms with Gasteiger partial charge in [-0.1, -0.05) is 61.2 Å². The maximum absolute atomic E-state index is 13.6. The summed E-state index contributed by atoms with van der Waals surface area (Å²) in [6, 6.07) is 33.4. The number of carbonyl (C=O) groups is 2. The van der Waals surface area contributed by atoms with Crippen molar-refractivity contribution in [2.45, 2.75) is 13.0 Å². The molecule has 6 N–H and O–H groups in total. The molecule has 3 aromatic heterocycles. The van der Waals surface area contributed by atoms with Crippen LogP contribution in [0.5, 0.6) is 34.9 Å². The van der Waals surface area contributed by atoms with E-state index >= 15 is 0 Å². The van der Waals surface area contributed by atoms with E-state index in [2.05, 4.69) is 42.1 Å². The highest BCUT2D eigenvalue weighted by molar-refractivity contribution is 6.08. The molecule has 18 heteroatoms. The van der Waals surface area contributed by atoms with Crippen LogP contribution >= 0.6 is 0 Å². The quantitative estimate of drug-likeness (QED) is 0.0520. The molecule has 0 unspecified atom stereocenters. The number of rotatable bonds is 16. The third kappa shape index (κ3) is 11.4. The Balaban J connectivity index is 0.900. The highest BCUT2D eigenvalue weighted by Gasteiger charge is 2.20. The van der Waals surface area contributed by atoms with Gasteiger partial charge in [-0.15, -0.1) is 0 Å². The number of allylic oxidation sites excluding steroid dienone is 3. The SMILES string of the molecule is C=C(C#N)C(=O)Nc1cccc(Oc2ncnc(N)c2-c2ccc(OCC3=CC(=C(C#N)C(=O)Nc4cccc(Oc5ncnc(N)c5-c5ccc(OCc6cccc(F)c6)cc5)c4)CC=C3)nc2)c1. The van der Waals surface area contributed by atoms with Crippen molar-refractivity contribution in [3.05, 3.63) is 187 Å². The van der Waals surface area contributed by atoms with Crippen molar-refractivity contribution in [1.29, 1.82) is 10.5 Å². The fourth-order valence-corrected chi connectivity index (χ4v) is 6.89. The number of hydrogen-bond acceptors (Lipinski definition) is 15. The van der Waals surface area contributed by atoms with Gasteiger partial charge in [0.25, 0.3) is 11.8 Å². The number of nitriles is 2. The van der Waals surface area contributed by atoms with Crippen LogP contribution in [-0.2, 0) is 16.2 Å². The van der Waals surface area contributed by atoms with Crippen LogP contribution < -0.4 is 41.0 Å². The van der Waals surface area contributed by atoms with Crippen molar-refractivity contribution < 1.29 is 32.9 Å². The van der Waals surface area contributed by atoms with Gasteiger partial charge in [0.2, 0.25) is 17.6 Å². The molecular weight excluding hydrogens is 894 g/mol. The van der Waals surface area contributed by atoms with Gasteiger partial charge in [0.1, 0.15) is 83.9 Å². The number of pyridine rings is 1. The van der Waals surface area contributed by atoms with Gasteiger partial charge in [0.15, 0.2) is 0 Å². The van der Waals surface area contributed by atoms with E-state index in [1.165, 1.54) is 31.0 Å². The van der Waals surface area contributed by atoms with Gasteiger partial charge >= 0.3 is 0 Å². The van der Waals surface area contributed by atoms with E-state index in [-0.39, 0.29) is 59.5 Å². The number of amides is 2. The van der Waals surface area contributed by atoms with Crippen molar-refractivity contribution in [2.75, 3.05) is 28.7 Å². The zero-order valence-corrected chi connectivity index (χ0v) is 36.8. The largest absolute Gasteiger partial charge is 0.489 e. The van der Waals surface area contributed by atoms with E-state index in [0.717, 1.165) is 0 Å². The Labute approximate surface area is 399 Å². The summed E-state index contributed by atoms with van der Waals surface area (Å²) < 4.78 is 37.6.